The van der Waals surface area contributed by atoms with E-state index in [1.807, 2.05) is 0 Å². The third-order valence-electron chi connectivity index (χ3n) is 3.65. The molecule has 0 atom stereocenters. The predicted octanol–water partition coefficient (Wildman–Crippen LogP) is 1.20. The molecule has 1 aromatic rings. The van der Waals surface area contributed by atoms with E-state index in [0.717, 1.165) is 25.1 Å². The maximum atomic E-state index is 11.9. The van der Waals surface area contributed by atoms with Crippen LogP contribution in [-0.2, 0) is 9.59 Å². The third-order valence-corrected chi connectivity index (χ3v) is 3.65. The quantitative estimate of drug-likeness (QED) is 0.773. The first-order chi connectivity index (χ1) is 10.6. The van der Waals surface area contributed by atoms with E-state index >= 15 is 0 Å². The summed E-state index contributed by atoms with van der Waals surface area (Å²) in [4.78, 5) is 36.2. The summed E-state index contributed by atoms with van der Waals surface area (Å²) in [5, 5.41) is 2.73. The van der Waals surface area contributed by atoms with Gasteiger partial charge in [-0.25, -0.2) is 0 Å². The van der Waals surface area contributed by atoms with Crippen LogP contribution in [0.15, 0.2) is 24.3 Å². The molecule has 0 aliphatic carbocycles. The lowest BCUT2D eigenvalue weighted by Gasteiger charge is -2.26. The fourth-order valence-corrected chi connectivity index (χ4v) is 2.44. The van der Waals surface area contributed by atoms with Crippen LogP contribution in [0, 0.1) is 0 Å². The van der Waals surface area contributed by atoms with Crippen LogP contribution in [0.4, 0.5) is 5.69 Å². The van der Waals surface area contributed by atoms with Crippen LogP contribution in [0.25, 0.3) is 0 Å². The molecule has 22 heavy (non-hydrogen) atoms. The van der Waals surface area contributed by atoms with Crippen molar-refractivity contribution in [3.05, 3.63) is 29.8 Å². The summed E-state index contributed by atoms with van der Waals surface area (Å²) in [6.07, 6.45) is 3.33. The molecule has 1 aliphatic heterocycles. The summed E-state index contributed by atoms with van der Waals surface area (Å²) in [6, 6.07) is 7.00. The highest BCUT2D eigenvalue weighted by molar-refractivity contribution is 5.96. The number of carbonyl (C=O) groups excluding carboxylic acids is 3. The van der Waals surface area contributed by atoms with Gasteiger partial charge in [0, 0.05) is 37.2 Å². The average molecular weight is 303 g/mol. The molecule has 3 amide bonds. The molecule has 1 fully saturated rings. The minimum Gasteiger partial charge on any atom is -0.370 e. The van der Waals surface area contributed by atoms with Crippen molar-refractivity contribution < 1.29 is 14.4 Å². The summed E-state index contributed by atoms with van der Waals surface area (Å²) in [6.45, 7) is 1.14. The third kappa shape index (κ3) is 4.31. The number of amides is 3. The summed E-state index contributed by atoms with van der Waals surface area (Å²) in [7, 11) is 0. The molecule has 118 valence electrons. The van der Waals surface area contributed by atoms with Gasteiger partial charge in [0.1, 0.15) is 0 Å². The van der Waals surface area contributed by atoms with Crippen molar-refractivity contribution in [1.82, 2.24) is 5.32 Å². The van der Waals surface area contributed by atoms with E-state index in [4.69, 9.17) is 5.73 Å². The molecule has 0 unspecified atom stereocenters. The molecule has 0 spiro atoms. The largest absolute Gasteiger partial charge is 0.370 e. The second-order valence-electron chi connectivity index (χ2n) is 5.38. The van der Waals surface area contributed by atoms with E-state index < -0.39 is 0 Å². The molecular formula is C16H21N3O3. The van der Waals surface area contributed by atoms with Gasteiger partial charge in [0.2, 0.25) is 11.8 Å². The van der Waals surface area contributed by atoms with Gasteiger partial charge in [0.15, 0.2) is 0 Å². The van der Waals surface area contributed by atoms with E-state index in [-0.39, 0.29) is 24.1 Å². The minimum atomic E-state index is -0.371. The topological polar surface area (TPSA) is 92.5 Å². The van der Waals surface area contributed by atoms with Crippen LogP contribution in [0.2, 0.25) is 0 Å². The molecular weight excluding hydrogens is 282 g/mol. The number of nitrogens with one attached hydrogen (secondary N) is 1. The van der Waals surface area contributed by atoms with Crippen molar-refractivity contribution in [3.8, 4) is 0 Å². The van der Waals surface area contributed by atoms with Crippen molar-refractivity contribution in [1.29, 1.82) is 0 Å². The maximum Gasteiger partial charge on any atom is 0.251 e. The Morgan fingerprint density at radius 1 is 1.18 bits per heavy atom. The molecule has 1 aromatic carbocycles. The lowest BCUT2D eigenvalue weighted by Crippen LogP contribution is -2.35. The van der Waals surface area contributed by atoms with Crippen LogP contribution < -0.4 is 16.0 Å². The zero-order chi connectivity index (χ0) is 15.9. The fourth-order valence-electron chi connectivity index (χ4n) is 2.44. The molecule has 0 aromatic heterocycles. The van der Waals surface area contributed by atoms with Gasteiger partial charge >= 0.3 is 0 Å². The molecule has 1 aliphatic rings. The van der Waals surface area contributed by atoms with Crippen molar-refractivity contribution >= 4 is 23.4 Å². The molecule has 3 N–H and O–H groups in total. The SMILES string of the molecule is NC(=O)CCCNC(=O)c1ccc(N2CCCCC2=O)cc1. The van der Waals surface area contributed by atoms with E-state index in [1.54, 1.807) is 29.2 Å². The number of anilines is 1. The number of benzene rings is 1. The number of nitrogens with two attached hydrogens (primary N) is 1. The lowest BCUT2D eigenvalue weighted by atomic mass is 10.1. The first-order valence-corrected chi connectivity index (χ1v) is 7.55. The molecule has 2 rings (SSSR count). The summed E-state index contributed by atoms with van der Waals surface area (Å²) >= 11 is 0. The molecule has 1 heterocycles. The Labute approximate surface area is 129 Å². The highest BCUT2D eigenvalue weighted by Crippen LogP contribution is 2.21. The van der Waals surface area contributed by atoms with Gasteiger partial charge in [0.05, 0.1) is 0 Å². The predicted molar refractivity (Wildman–Crippen MR) is 83.4 cm³/mol. The highest BCUT2D eigenvalue weighted by atomic mass is 16.2. The van der Waals surface area contributed by atoms with Crippen molar-refractivity contribution in [2.45, 2.75) is 32.1 Å². The van der Waals surface area contributed by atoms with Gasteiger partial charge in [-0.05, 0) is 43.5 Å². The Balaban J connectivity index is 1.89. The van der Waals surface area contributed by atoms with Crippen LogP contribution in [0.3, 0.4) is 0 Å². The maximum absolute atomic E-state index is 11.9. The Bertz CT molecular complexity index is 554. The van der Waals surface area contributed by atoms with Crippen LogP contribution in [0.1, 0.15) is 42.5 Å². The van der Waals surface area contributed by atoms with Gasteiger partial charge in [-0.2, -0.15) is 0 Å². The van der Waals surface area contributed by atoms with E-state index in [2.05, 4.69) is 5.32 Å². The van der Waals surface area contributed by atoms with E-state index in [9.17, 15) is 14.4 Å². The molecule has 1 saturated heterocycles. The van der Waals surface area contributed by atoms with Gasteiger partial charge in [0.25, 0.3) is 5.91 Å². The first kappa shape index (κ1) is 16.0. The normalized spacial score (nSPS) is 14.7. The Morgan fingerprint density at radius 2 is 1.91 bits per heavy atom. The first-order valence-electron chi connectivity index (χ1n) is 7.55. The van der Waals surface area contributed by atoms with E-state index in [0.29, 0.717) is 24.9 Å². The van der Waals surface area contributed by atoms with Crippen molar-refractivity contribution in [2.75, 3.05) is 18.0 Å². The highest BCUT2D eigenvalue weighted by Gasteiger charge is 2.19. The zero-order valence-corrected chi connectivity index (χ0v) is 12.5. The monoisotopic (exact) mass is 303 g/mol. The molecule has 6 nitrogen and oxygen atoms in total. The Kier molecular flexibility index (Phi) is 5.52. The molecule has 6 heteroatoms. The van der Waals surface area contributed by atoms with Gasteiger partial charge in [-0.15, -0.1) is 0 Å². The Morgan fingerprint density at radius 3 is 2.55 bits per heavy atom. The van der Waals surface area contributed by atoms with Crippen molar-refractivity contribution in [2.24, 2.45) is 5.73 Å². The molecule has 0 bridgehead atoms. The Hall–Kier alpha value is -2.37. The van der Waals surface area contributed by atoms with Gasteiger partial charge in [-0.3, -0.25) is 14.4 Å². The second-order valence-corrected chi connectivity index (χ2v) is 5.38. The number of nitrogens with zero attached hydrogens (tertiary/aromatic N) is 1. The average Bonchev–Trinajstić information content (AvgIpc) is 2.52. The minimum absolute atomic E-state index is 0.134. The van der Waals surface area contributed by atoms with Gasteiger partial charge < -0.3 is 16.0 Å². The van der Waals surface area contributed by atoms with Crippen molar-refractivity contribution in [3.63, 3.8) is 0 Å². The zero-order valence-electron chi connectivity index (χ0n) is 12.5. The van der Waals surface area contributed by atoms with Crippen LogP contribution in [-0.4, -0.2) is 30.8 Å². The van der Waals surface area contributed by atoms with Crippen LogP contribution >= 0.6 is 0 Å². The number of piperidine rings is 1. The fraction of sp³-hybridized carbons (Fsp3) is 0.438. The number of carbonyl (C=O) groups is 3. The number of hydrogen-bond acceptors (Lipinski definition) is 3. The number of hydrogen-bond donors (Lipinski definition) is 2. The van der Waals surface area contributed by atoms with Crippen LogP contribution in [0.5, 0.6) is 0 Å². The lowest BCUT2D eigenvalue weighted by molar-refractivity contribution is -0.119. The number of primary amides is 1. The summed E-state index contributed by atoms with van der Waals surface area (Å²) in [5.74, 6) is -0.430. The standard InChI is InChI=1S/C16H21N3O3/c17-14(20)4-3-10-18-16(22)12-6-8-13(9-7-12)19-11-2-1-5-15(19)21/h6-9H,1-5,10-11H2,(H2,17,20)(H,18,22). The smallest absolute Gasteiger partial charge is 0.251 e. The van der Waals surface area contributed by atoms with E-state index in [1.165, 1.54) is 0 Å². The number of rotatable bonds is 6. The second kappa shape index (κ2) is 7.59. The summed E-state index contributed by atoms with van der Waals surface area (Å²) in [5.41, 5.74) is 6.40. The molecule has 0 saturated carbocycles. The van der Waals surface area contributed by atoms with Gasteiger partial charge in [-0.1, -0.05) is 0 Å². The summed E-state index contributed by atoms with van der Waals surface area (Å²) < 4.78 is 0. The molecule has 0 radical (unpaired) electrons.